The Kier molecular flexibility index (Phi) is 4.64. The molecule has 0 aromatic heterocycles. The van der Waals surface area contributed by atoms with Gasteiger partial charge in [-0.1, -0.05) is 13.3 Å². The minimum absolute atomic E-state index is 0.227. The summed E-state index contributed by atoms with van der Waals surface area (Å²) in [5.41, 5.74) is 0. The molecule has 3 heteroatoms. The van der Waals surface area contributed by atoms with Crippen molar-refractivity contribution < 1.29 is 4.74 Å². The Hall–Kier alpha value is -0.590. The van der Waals surface area contributed by atoms with Crippen molar-refractivity contribution in [1.29, 1.82) is 5.26 Å². The number of ether oxygens (including phenoxy) is 1. The molecule has 1 saturated carbocycles. The van der Waals surface area contributed by atoms with Crippen molar-refractivity contribution >= 4 is 0 Å². The van der Waals surface area contributed by atoms with Gasteiger partial charge in [-0.3, -0.25) is 4.90 Å². The molecular formula is C15H26N2O. The lowest BCUT2D eigenvalue weighted by atomic mass is 9.77. The molecule has 0 N–H and O–H groups in total. The van der Waals surface area contributed by atoms with Crippen LogP contribution in [0.15, 0.2) is 0 Å². The van der Waals surface area contributed by atoms with Crippen LogP contribution in [0.25, 0.3) is 0 Å². The fourth-order valence-corrected chi connectivity index (χ4v) is 3.64. The van der Waals surface area contributed by atoms with Crippen LogP contribution in [-0.4, -0.2) is 36.2 Å². The molecule has 0 radical (unpaired) electrons. The number of nitriles is 1. The van der Waals surface area contributed by atoms with Crippen LogP contribution >= 0.6 is 0 Å². The van der Waals surface area contributed by atoms with E-state index in [1.807, 2.05) is 0 Å². The molecule has 0 aromatic rings. The van der Waals surface area contributed by atoms with Gasteiger partial charge in [-0.05, 0) is 39.0 Å². The predicted octanol–water partition coefficient (Wildman–Crippen LogP) is 2.81. The van der Waals surface area contributed by atoms with Crippen LogP contribution in [0.3, 0.4) is 0 Å². The number of rotatable bonds is 2. The Morgan fingerprint density at radius 1 is 1.22 bits per heavy atom. The SMILES string of the molecule is CCC1CCC(C#N)C(N2C[C@@H](C)O[C@@H](C)C2)C1. The summed E-state index contributed by atoms with van der Waals surface area (Å²) >= 11 is 0. The minimum atomic E-state index is 0.227. The van der Waals surface area contributed by atoms with Gasteiger partial charge in [0.25, 0.3) is 0 Å². The second-order valence-electron chi connectivity index (χ2n) is 6.10. The van der Waals surface area contributed by atoms with Crippen molar-refractivity contribution in [2.24, 2.45) is 11.8 Å². The van der Waals surface area contributed by atoms with E-state index in [0.29, 0.717) is 18.2 Å². The van der Waals surface area contributed by atoms with Gasteiger partial charge in [0.2, 0.25) is 0 Å². The van der Waals surface area contributed by atoms with Gasteiger partial charge >= 0.3 is 0 Å². The second-order valence-corrected chi connectivity index (χ2v) is 6.10. The van der Waals surface area contributed by atoms with E-state index in [0.717, 1.165) is 25.4 Å². The van der Waals surface area contributed by atoms with Crippen LogP contribution in [0, 0.1) is 23.2 Å². The lowest BCUT2D eigenvalue weighted by Crippen LogP contribution is -2.53. The Labute approximate surface area is 111 Å². The summed E-state index contributed by atoms with van der Waals surface area (Å²) < 4.78 is 5.80. The summed E-state index contributed by atoms with van der Waals surface area (Å²) in [6, 6.07) is 3.00. The molecule has 0 aromatic carbocycles. The molecule has 3 unspecified atom stereocenters. The van der Waals surface area contributed by atoms with Crippen LogP contribution in [0.1, 0.15) is 46.5 Å². The van der Waals surface area contributed by atoms with Gasteiger partial charge in [-0.2, -0.15) is 5.26 Å². The molecule has 2 fully saturated rings. The molecule has 1 saturated heterocycles. The highest BCUT2D eigenvalue weighted by molar-refractivity contribution is 4.98. The van der Waals surface area contributed by atoms with Gasteiger partial charge in [0.1, 0.15) is 0 Å². The molecule has 3 nitrogen and oxygen atoms in total. The number of hydrogen-bond acceptors (Lipinski definition) is 3. The molecular weight excluding hydrogens is 224 g/mol. The Balaban J connectivity index is 2.05. The van der Waals surface area contributed by atoms with Gasteiger partial charge in [0, 0.05) is 19.1 Å². The van der Waals surface area contributed by atoms with E-state index in [9.17, 15) is 5.26 Å². The Morgan fingerprint density at radius 2 is 1.89 bits per heavy atom. The largest absolute Gasteiger partial charge is 0.373 e. The maximum atomic E-state index is 9.37. The summed E-state index contributed by atoms with van der Waals surface area (Å²) in [4.78, 5) is 2.52. The fraction of sp³-hybridized carbons (Fsp3) is 0.933. The van der Waals surface area contributed by atoms with E-state index in [4.69, 9.17) is 4.74 Å². The third-order valence-electron chi connectivity index (χ3n) is 4.59. The summed E-state index contributed by atoms with van der Waals surface area (Å²) in [7, 11) is 0. The summed E-state index contributed by atoms with van der Waals surface area (Å²) in [5, 5.41) is 9.37. The topological polar surface area (TPSA) is 36.3 Å². The highest BCUT2D eigenvalue weighted by Crippen LogP contribution is 2.34. The van der Waals surface area contributed by atoms with Crippen LogP contribution in [0.5, 0.6) is 0 Å². The van der Waals surface area contributed by atoms with E-state index in [-0.39, 0.29) is 5.92 Å². The highest BCUT2D eigenvalue weighted by Gasteiger charge is 2.36. The summed E-state index contributed by atoms with van der Waals surface area (Å²) in [5.74, 6) is 1.04. The van der Waals surface area contributed by atoms with E-state index in [1.165, 1.54) is 19.3 Å². The number of morpholine rings is 1. The van der Waals surface area contributed by atoms with Crippen LogP contribution in [0.4, 0.5) is 0 Å². The minimum Gasteiger partial charge on any atom is -0.373 e. The molecule has 102 valence electrons. The fourth-order valence-electron chi connectivity index (χ4n) is 3.64. The molecule has 1 aliphatic carbocycles. The molecule has 0 spiro atoms. The third kappa shape index (κ3) is 3.05. The van der Waals surface area contributed by atoms with Crippen molar-refractivity contribution in [3.8, 4) is 6.07 Å². The van der Waals surface area contributed by atoms with E-state index in [1.54, 1.807) is 0 Å². The van der Waals surface area contributed by atoms with Gasteiger partial charge in [-0.15, -0.1) is 0 Å². The van der Waals surface area contributed by atoms with Gasteiger partial charge < -0.3 is 4.74 Å². The smallest absolute Gasteiger partial charge is 0.0678 e. The maximum absolute atomic E-state index is 9.37. The number of nitrogens with zero attached hydrogens (tertiary/aromatic N) is 2. The first-order valence-electron chi connectivity index (χ1n) is 7.43. The first-order valence-corrected chi connectivity index (χ1v) is 7.43. The normalized spacial score (nSPS) is 42.4. The van der Waals surface area contributed by atoms with Crippen LogP contribution in [0.2, 0.25) is 0 Å². The summed E-state index contributed by atoms with van der Waals surface area (Å²) in [6.45, 7) is 8.54. The predicted molar refractivity (Wildman–Crippen MR) is 72.1 cm³/mol. The second kappa shape index (κ2) is 6.04. The monoisotopic (exact) mass is 250 g/mol. The molecule has 0 amide bonds. The summed E-state index contributed by atoms with van der Waals surface area (Å²) in [6.07, 6.45) is 5.38. The highest BCUT2D eigenvalue weighted by atomic mass is 16.5. The zero-order chi connectivity index (χ0) is 13.1. The van der Waals surface area contributed by atoms with E-state index in [2.05, 4.69) is 31.7 Å². The molecule has 1 heterocycles. The lowest BCUT2D eigenvalue weighted by molar-refractivity contribution is -0.0909. The maximum Gasteiger partial charge on any atom is 0.0678 e. The van der Waals surface area contributed by atoms with E-state index < -0.39 is 0 Å². The quantitative estimate of drug-likeness (QED) is 0.756. The van der Waals surface area contributed by atoms with Crippen molar-refractivity contribution in [2.75, 3.05) is 13.1 Å². The zero-order valence-electron chi connectivity index (χ0n) is 11.9. The first-order chi connectivity index (χ1) is 8.63. The average Bonchev–Trinajstić information content (AvgIpc) is 2.36. The Morgan fingerprint density at radius 3 is 2.44 bits per heavy atom. The molecule has 2 aliphatic rings. The molecule has 0 bridgehead atoms. The van der Waals surface area contributed by atoms with E-state index >= 15 is 0 Å². The molecule has 18 heavy (non-hydrogen) atoms. The average molecular weight is 250 g/mol. The first kappa shape index (κ1) is 13.8. The van der Waals surface area contributed by atoms with Crippen molar-refractivity contribution in [1.82, 2.24) is 4.90 Å². The van der Waals surface area contributed by atoms with Crippen molar-refractivity contribution in [3.05, 3.63) is 0 Å². The number of hydrogen-bond donors (Lipinski definition) is 0. The molecule has 2 rings (SSSR count). The van der Waals surface area contributed by atoms with Crippen molar-refractivity contribution in [3.63, 3.8) is 0 Å². The molecule has 5 atom stereocenters. The Bertz CT molecular complexity index is 302. The molecule has 1 aliphatic heterocycles. The third-order valence-corrected chi connectivity index (χ3v) is 4.59. The van der Waals surface area contributed by atoms with Gasteiger partial charge in [0.05, 0.1) is 24.2 Å². The van der Waals surface area contributed by atoms with Crippen LogP contribution in [-0.2, 0) is 4.74 Å². The van der Waals surface area contributed by atoms with Crippen molar-refractivity contribution in [2.45, 2.75) is 64.7 Å². The zero-order valence-corrected chi connectivity index (χ0v) is 11.9. The standard InChI is InChI=1S/C15H26N2O/c1-4-13-5-6-14(8-16)15(7-13)17-9-11(2)18-12(3)10-17/h11-15H,4-7,9-10H2,1-3H3/t11-,12+,13?,14?,15?. The lowest BCUT2D eigenvalue weighted by Gasteiger charge is -2.45. The van der Waals surface area contributed by atoms with Crippen LogP contribution < -0.4 is 0 Å². The van der Waals surface area contributed by atoms with Gasteiger partial charge in [-0.25, -0.2) is 0 Å². The van der Waals surface area contributed by atoms with Gasteiger partial charge in [0.15, 0.2) is 0 Å².